The van der Waals surface area contributed by atoms with Crippen LogP contribution in [0.4, 0.5) is 0 Å². The van der Waals surface area contributed by atoms with Crippen LogP contribution in [-0.2, 0) is 0 Å². The van der Waals surface area contributed by atoms with Gasteiger partial charge in [-0.05, 0) is 17.6 Å². The third kappa shape index (κ3) is 0.689. The van der Waals surface area contributed by atoms with Gasteiger partial charge in [-0.3, -0.25) is 0 Å². The molecule has 0 spiro atoms. The van der Waals surface area contributed by atoms with Crippen LogP contribution in [0, 0.1) is 0 Å². The minimum atomic E-state index is 1.03. The highest BCUT2D eigenvalue weighted by Crippen LogP contribution is 2.21. The monoisotopic (exact) mass is 119 g/mol. The molecule has 2 aliphatic rings. The van der Waals surface area contributed by atoms with E-state index in [9.17, 15) is 0 Å². The second kappa shape index (κ2) is 1.76. The predicted molar refractivity (Wildman–Crippen MR) is 37.9 cm³/mol. The smallest absolute Gasteiger partial charge is 0.0398 e. The summed E-state index contributed by atoms with van der Waals surface area (Å²) in [4.78, 5) is 0. The van der Waals surface area contributed by atoms with Crippen LogP contribution >= 0.6 is 0 Å². The number of hydrogen-bond acceptors (Lipinski definition) is 1. The number of rotatable bonds is 0. The Labute approximate surface area is 54.8 Å². The van der Waals surface area contributed by atoms with Gasteiger partial charge < -0.3 is 5.32 Å². The minimum Gasteiger partial charge on any atom is -0.387 e. The Morgan fingerprint density at radius 1 is 1.33 bits per heavy atom. The second-order valence-electron chi connectivity index (χ2n) is 2.37. The maximum Gasteiger partial charge on any atom is 0.0398 e. The number of hydrogen-bond donors (Lipinski definition) is 1. The molecule has 0 fully saturated rings. The van der Waals surface area contributed by atoms with E-state index in [1.54, 1.807) is 0 Å². The van der Waals surface area contributed by atoms with E-state index < -0.39 is 0 Å². The summed E-state index contributed by atoms with van der Waals surface area (Å²) in [5, 5.41) is 3.19. The van der Waals surface area contributed by atoms with Gasteiger partial charge in [0.15, 0.2) is 0 Å². The predicted octanol–water partition coefficient (Wildman–Crippen LogP) is 1.36. The average Bonchev–Trinajstić information content (AvgIpc) is 2.33. The van der Waals surface area contributed by atoms with Gasteiger partial charge in [0.25, 0.3) is 0 Å². The maximum absolute atomic E-state index is 3.19. The van der Waals surface area contributed by atoms with Gasteiger partial charge in [0.2, 0.25) is 0 Å². The second-order valence-corrected chi connectivity index (χ2v) is 2.37. The van der Waals surface area contributed by atoms with Crippen molar-refractivity contribution in [1.82, 2.24) is 5.32 Å². The van der Waals surface area contributed by atoms with Gasteiger partial charge in [-0.1, -0.05) is 18.2 Å². The fourth-order valence-electron chi connectivity index (χ4n) is 1.23. The first kappa shape index (κ1) is 4.86. The van der Waals surface area contributed by atoms with Crippen LogP contribution < -0.4 is 5.32 Å². The maximum atomic E-state index is 3.19. The zero-order valence-corrected chi connectivity index (χ0v) is 5.22. The molecule has 0 atom stereocenters. The van der Waals surface area contributed by atoms with Crippen LogP contribution in [0.5, 0.6) is 0 Å². The van der Waals surface area contributed by atoms with Crippen molar-refractivity contribution in [3.63, 3.8) is 0 Å². The fraction of sp³-hybridized carbons (Fsp3) is 0.250. The van der Waals surface area contributed by atoms with Crippen LogP contribution in [0.15, 0.2) is 35.6 Å². The molecule has 0 aromatic heterocycles. The summed E-state index contributed by atoms with van der Waals surface area (Å²) >= 11 is 0. The number of fused-ring (bicyclic) bond motifs is 1. The Balaban J connectivity index is 2.37. The molecule has 0 saturated heterocycles. The van der Waals surface area contributed by atoms with Crippen molar-refractivity contribution >= 4 is 0 Å². The standard InChI is InChI=1S/C8H9N/c1-2-4-8-6-9-5-7(8)3-1/h1-3,6,9H,4-5H2. The molecule has 46 valence electrons. The summed E-state index contributed by atoms with van der Waals surface area (Å²) in [5.41, 5.74) is 2.91. The lowest BCUT2D eigenvalue weighted by Crippen LogP contribution is -2.00. The molecule has 1 heteroatoms. The van der Waals surface area contributed by atoms with Crippen LogP contribution in [0.3, 0.4) is 0 Å². The number of nitrogens with one attached hydrogen (secondary N) is 1. The molecule has 1 N–H and O–H groups in total. The molecule has 0 unspecified atom stereocenters. The molecule has 0 aromatic rings. The first-order valence-electron chi connectivity index (χ1n) is 3.25. The molecule has 0 saturated carbocycles. The molecular formula is C8H9N. The van der Waals surface area contributed by atoms with E-state index in [-0.39, 0.29) is 0 Å². The van der Waals surface area contributed by atoms with Crippen molar-refractivity contribution < 1.29 is 0 Å². The lowest BCUT2D eigenvalue weighted by molar-refractivity contribution is 1.00. The third-order valence-electron chi connectivity index (χ3n) is 1.75. The Morgan fingerprint density at radius 2 is 2.33 bits per heavy atom. The highest BCUT2D eigenvalue weighted by molar-refractivity contribution is 5.42. The van der Waals surface area contributed by atoms with Crippen molar-refractivity contribution in [3.05, 3.63) is 35.6 Å². The van der Waals surface area contributed by atoms with E-state index in [1.165, 1.54) is 11.1 Å². The fourth-order valence-corrected chi connectivity index (χ4v) is 1.23. The van der Waals surface area contributed by atoms with Gasteiger partial charge >= 0.3 is 0 Å². The quantitative estimate of drug-likeness (QED) is 0.507. The van der Waals surface area contributed by atoms with Crippen molar-refractivity contribution in [2.45, 2.75) is 6.42 Å². The van der Waals surface area contributed by atoms with Gasteiger partial charge in [0.1, 0.15) is 0 Å². The van der Waals surface area contributed by atoms with E-state index in [1.807, 2.05) is 0 Å². The van der Waals surface area contributed by atoms with E-state index >= 15 is 0 Å². The summed E-state index contributed by atoms with van der Waals surface area (Å²) in [6, 6.07) is 0. The Morgan fingerprint density at radius 3 is 3.22 bits per heavy atom. The summed E-state index contributed by atoms with van der Waals surface area (Å²) in [6.45, 7) is 1.03. The normalized spacial score (nSPS) is 22.2. The highest BCUT2D eigenvalue weighted by Gasteiger charge is 2.09. The first-order valence-corrected chi connectivity index (χ1v) is 3.25. The zero-order chi connectivity index (χ0) is 6.10. The molecule has 0 radical (unpaired) electrons. The van der Waals surface area contributed by atoms with Gasteiger partial charge in [-0.25, -0.2) is 0 Å². The molecule has 9 heavy (non-hydrogen) atoms. The Kier molecular flexibility index (Phi) is 0.950. The van der Waals surface area contributed by atoms with Crippen molar-refractivity contribution in [3.8, 4) is 0 Å². The lowest BCUT2D eigenvalue weighted by Gasteiger charge is -2.02. The Hall–Kier alpha value is -0.980. The Bertz CT molecular complexity index is 209. The third-order valence-corrected chi connectivity index (χ3v) is 1.75. The summed E-state index contributed by atoms with van der Waals surface area (Å²) in [6.07, 6.45) is 9.70. The molecule has 0 aromatic carbocycles. The topological polar surface area (TPSA) is 12.0 Å². The van der Waals surface area contributed by atoms with Crippen molar-refractivity contribution in [2.75, 3.05) is 6.54 Å². The molecular weight excluding hydrogens is 110 g/mol. The summed E-state index contributed by atoms with van der Waals surface area (Å²) in [5.74, 6) is 0. The molecule has 2 rings (SSSR count). The SMILES string of the molecule is C1=CCC2=CNCC2=C1. The van der Waals surface area contributed by atoms with Crippen molar-refractivity contribution in [1.29, 1.82) is 0 Å². The van der Waals surface area contributed by atoms with E-state index in [2.05, 4.69) is 29.7 Å². The van der Waals surface area contributed by atoms with Crippen LogP contribution in [0.25, 0.3) is 0 Å². The van der Waals surface area contributed by atoms with Crippen LogP contribution in [0.2, 0.25) is 0 Å². The molecule has 0 amide bonds. The summed E-state index contributed by atoms with van der Waals surface area (Å²) < 4.78 is 0. The largest absolute Gasteiger partial charge is 0.387 e. The molecule has 1 heterocycles. The van der Waals surface area contributed by atoms with Crippen LogP contribution in [0.1, 0.15) is 6.42 Å². The van der Waals surface area contributed by atoms with Gasteiger partial charge in [0, 0.05) is 12.7 Å². The van der Waals surface area contributed by atoms with Gasteiger partial charge in [-0.15, -0.1) is 0 Å². The van der Waals surface area contributed by atoms with E-state index in [0.717, 1.165) is 13.0 Å². The molecule has 1 aliphatic heterocycles. The van der Waals surface area contributed by atoms with Gasteiger partial charge in [0.05, 0.1) is 0 Å². The molecule has 1 aliphatic carbocycles. The van der Waals surface area contributed by atoms with Crippen molar-refractivity contribution in [2.24, 2.45) is 0 Å². The molecule has 1 nitrogen and oxygen atoms in total. The lowest BCUT2D eigenvalue weighted by atomic mass is 10.0. The molecule has 0 bridgehead atoms. The first-order chi connectivity index (χ1) is 4.47. The van der Waals surface area contributed by atoms with E-state index in [0.29, 0.717) is 0 Å². The minimum absolute atomic E-state index is 1.03. The average molecular weight is 119 g/mol. The van der Waals surface area contributed by atoms with Gasteiger partial charge in [-0.2, -0.15) is 0 Å². The summed E-state index contributed by atoms with van der Waals surface area (Å²) in [7, 11) is 0. The number of allylic oxidation sites excluding steroid dienone is 3. The zero-order valence-electron chi connectivity index (χ0n) is 5.22. The van der Waals surface area contributed by atoms with E-state index in [4.69, 9.17) is 0 Å². The highest BCUT2D eigenvalue weighted by atomic mass is 14.9. The van der Waals surface area contributed by atoms with Crippen LogP contribution in [-0.4, -0.2) is 6.54 Å².